The van der Waals surface area contributed by atoms with Gasteiger partial charge in [0.25, 0.3) is 0 Å². The lowest BCUT2D eigenvalue weighted by atomic mass is 9.79. The van der Waals surface area contributed by atoms with Crippen molar-refractivity contribution < 1.29 is 9.84 Å². The maximum Gasteiger partial charge on any atom is 0.137 e. The predicted molar refractivity (Wildman–Crippen MR) is 70.6 cm³/mol. The van der Waals surface area contributed by atoms with Crippen LogP contribution in [-0.2, 0) is 5.60 Å². The number of nitrogens with zero attached hydrogens (tertiary/aromatic N) is 1. The number of rotatable bonds is 4. The average Bonchev–Trinajstić information content (AvgIpc) is 2.40. The number of nitrogens with one attached hydrogen (secondary N) is 1. The van der Waals surface area contributed by atoms with Crippen molar-refractivity contribution in [3.63, 3.8) is 0 Å². The van der Waals surface area contributed by atoms with Gasteiger partial charge in [0.15, 0.2) is 0 Å². The Labute approximate surface area is 108 Å². The highest BCUT2D eigenvalue weighted by molar-refractivity contribution is 5.28. The van der Waals surface area contributed by atoms with Crippen molar-refractivity contribution in [3.05, 3.63) is 24.0 Å². The first-order valence-corrected chi connectivity index (χ1v) is 6.66. The van der Waals surface area contributed by atoms with Crippen molar-refractivity contribution in [1.82, 2.24) is 10.3 Å². The molecule has 1 aromatic heterocycles. The number of ether oxygens (including phenoxy) is 1. The summed E-state index contributed by atoms with van der Waals surface area (Å²) in [4.78, 5) is 4.16. The molecule has 2 rings (SSSR count). The van der Waals surface area contributed by atoms with E-state index in [0.29, 0.717) is 6.61 Å². The molecule has 0 spiro atoms. The second kappa shape index (κ2) is 5.67. The lowest BCUT2D eigenvalue weighted by molar-refractivity contribution is -0.0161. The van der Waals surface area contributed by atoms with Crippen molar-refractivity contribution >= 4 is 0 Å². The van der Waals surface area contributed by atoms with E-state index in [4.69, 9.17) is 4.74 Å². The van der Waals surface area contributed by atoms with Gasteiger partial charge in [-0.1, -0.05) is 0 Å². The molecule has 0 radical (unpaired) electrons. The highest BCUT2D eigenvalue weighted by Gasteiger charge is 2.34. The summed E-state index contributed by atoms with van der Waals surface area (Å²) in [5, 5.41) is 14.1. The molecule has 1 aliphatic rings. The summed E-state index contributed by atoms with van der Waals surface area (Å²) in [5.41, 5.74) is -0.0183. The molecule has 1 aromatic rings. The molecular weight excluding hydrogens is 228 g/mol. The highest BCUT2D eigenvalue weighted by atomic mass is 16.5. The molecule has 2 unspecified atom stereocenters. The molecule has 1 saturated heterocycles. The normalized spacial score (nSPS) is 23.4. The number of pyridine rings is 1. The molecule has 4 heteroatoms. The Kier molecular flexibility index (Phi) is 4.19. The Morgan fingerprint density at radius 1 is 1.56 bits per heavy atom. The fraction of sp³-hybridized carbons (Fsp3) is 0.643. The summed E-state index contributed by atoms with van der Waals surface area (Å²) >= 11 is 0. The zero-order chi connectivity index (χ0) is 13.0. The molecular formula is C14H22N2O2. The van der Waals surface area contributed by atoms with E-state index in [0.717, 1.165) is 37.2 Å². The predicted octanol–water partition coefficient (Wildman–Crippen LogP) is 1.69. The van der Waals surface area contributed by atoms with Crippen molar-refractivity contribution in [1.29, 1.82) is 0 Å². The van der Waals surface area contributed by atoms with E-state index < -0.39 is 5.60 Å². The summed E-state index contributed by atoms with van der Waals surface area (Å²) < 4.78 is 5.44. The minimum absolute atomic E-state index is 0.227. The Hall–Kier alpha value is -1.13. The van der Waals surface area contributed by atoms with Gasteiger partial charge in [0.05, 0.1) is 18.4 Å². The van der Waals surface area contributed by atoms with Gasteiger partial charge in [-0.15, -0.1) is 0 Å². The lowest BCUT2D eigenvalue weighted by Crippen LogP contribution is -2.42. The summed E-state index contributed by atoms with van der Waals surface area (Å²) in [7, 11) is 0. The first-order chi connectivity index (χ1) is 8.64. The first kappa shape index (κ1) is 13.3. The van der Waals surface area contributed by atoms with Crippen LogP contribution in [-0.4, -0.2) is 29.8 Å². The van der Waals surface area contributed by atoms with Gasteiger partial charge in [-0.3, -0.25) is 4.98 Å². The number of aliphatic hydroxyl groups is 1. The van der Waals surface area contributed by atoms with E-state index in [1.807, 2.05) is 19.9 Å². The first-order valence-electron chi connectivity index (χ1n) is 6.66. The van der Waals surface area contributed by atoms with Crippen LogP contribution in [0.4, 0.5) is 0 Å². The van der Waals surface area contributed by atoms with Gasteiger partial charge < -0.3 is 15.2 Å². The largest absolute Gasteiger partial charge is 0.492 e. The van der Waals surface area contributed by atoms with E-state index in [2.05, 4.69) is 10.3 Å². The average molecular weight is 250 g/mol. The third kappa shape index (κ3) is 2.82. The standard InChI is InChI=1S/C14H22N2O2/c1-3-18-13-7-12(9-16-10-13)14(2,17)11-5-4-6-15-8-11/h7,9-11,15,17H,3-6,8H2,1-2H3. The van der Waals surface area contributed by atoms with Crippen molar-refractivity contribution in [2.24, 2.45) is 5.92 Å². The van der Waals surface area contributed by atoms with Crippen LogP contribution in [0, 0.1) is 5.92 Å². The maximum atomic E-state index is 10.8. The van der Waals surface area contributed by atoms with Gasteiger partial charge in [-0.25, -0.2) is 0 Å². The number of piperidine rings is 1. The van der Waals surface area contributed by atoms with Crippen molar-refractivity contribution in [2.75, 3.05) is 19.7 Å². The fourth-order valence-electron chi connectivity index (χ4n) is 2.51. The quantitative estimate of drug-likeness (QED) is 0.854. The van der Waals surface area contributed by atoms with Gasteiger partial charge >= 0.3 is 0 Å². The van der Waals surface area contributed by atoms with Gasteiger partial charge in [0.1, 0.15) is 5.75 Å². The fourth-order valence-corrected chi connectivity index (χ4v) is 2.51. The Morgan fingerprint density at radius 2 is 2.39 bits per heavy atom. The minimum Gasteiger partial charge on any atom is -0.492 e. The summed E-state index contributed by atoms with van der Waals surface area (Å²) in [6.45, 7) is 6.32. The van der Waals surface area contributed by atoms with Crippen LogP contribution in [0.25, 0.3) is 0 Å². The minimum atomic E-state index is -0.854. The van der Waals surface area contributed by atoms with E-state index in [9.17, 15) is 5.11 Å². The number of hydrogen-bond donors (Lipinski definition) is 2. The molecule has 2 atom stereocenters. The molecule has 0 saturated carbocycles. The second-order valence-electron chi connectivity index (χ2n) is 5.03. The Bertz CT molecular complexity index is 387. The molecule has 0 bridgehead atoms. The molecule has 1 fully saturated rings. The van der Waals surface area contributed by atoms with E-state index in [-0.39, 0.29) is 5.92 Å². The smallest absolute Gasteiger partial charge is 0.137 e. The highest BCUT2D eigenvalue weighted by Crippen LogP contribution is 2.34. The Morgan fingerprint density at radius 3 is 3.06 bits per heavy atom. The molecule has 2 N–H and O–H groups in total. The molecule has 2 heterocycles. The molecule has 4 nitrogen and oxygen atoms in total. The topological polar surface area (TPSA) is 54.4 Å². The van der Waals surface area contributed by atoms with Crippen LogP contribution in [0.15, 0.2) is 18.5 Å². The molecule has 0 amide bonds. The summed E-state index contributed by atoms with van der Waals surface area (Å²) in [6.07, 6.45) is 5.57. The molecule has 0 aromatic carbocycles. The van der Waals surface area contributed by atoms with E-state index in [1.165, 1.54) is 0 Å². The van der Waals surface area contributed by atoms with Gasteiger partial charge in [-0.2, -0.15) is 0 Å². The maximum absolute atomic E-state index is 10.8. The third-order valence-corrected chi connectivity index (χ3v) is 3.70. The second-order valence-corrected chi connectivity index (χ2v) is 5.03. The van der Waals surface area contributed by atoms with Crippen LogP contribution in [0.2, 0.25) is 0 Å². The van der Waals surface area contributed by atoms with Crippen LogP contribution >= 0.6 is 0 Å². The third-order valence-electron chi connectivity index (χ3n) is 3.70. The van der Waals surface area contributed by atoms with Crippen molar-refractivity contribution in [2.45, 2.75) is 32.3 Å². The monoisotopic (exact) mass is 250 g/mol. The van der Waals surface area contributed by atoms with Crippen LogP contribution < -0.4 is 10.1 Å². The van der Waals surface area contributed by atoms with Gasteiger partial charge in [0, 0.05) is 24.2 Å². The number of hydrogen-bond acceptors (Lipinski definition) is 4. The van der Waals surface area contributed by atoms with Gasteiger partial charge in [0.2, 0.25) is 0 Å². The van der Waals surface area contributed by atoms with E-state index >= 15 is 0 Å². The van der Waals surface area contributed by atoms with Crippen LogP contribution in [0.1, 0.15) is 32.3 Å². The molecule has 100 valence electrons. The summed E-state index contributed by atoms with van der Waals surface area (Å²) in [6, 6.07) is 1.89. The molecule has 0 aliphatic carbocycles. The van der Waals surface area contributed by atoms with Gasteiger partial charge in [-0.05, 0) is 39.3 Å². The zero-order valence-corrected chi connectivity index (χ0v) is 11.1. The summed E-state index contributed by atoms with van der Waals surface area (Å²) in [5.74, 6) is 0.948. The molecule has 18 heavy (non-hydrogen) atoms. The number of aromatic nitrogens is 1. The van der Waals surface area contributed by atoms with E-state index in [1.54, 1.807) is 12.4 Å². The van der Waals surface area contributed by atoms with Crippen molar-refractivity contribution in [3.8, 4) is 5.75 Å². The molecule has 1 aliphatic heterocycles. The zero-order valence-electron chi connectivity index (χ0n) is 11.1. The Balaban J connectivity index is 2.19. The van der Waals surface area contributed by atoms with Crippen LogP contribution in [0.3, 0.4) is 0 Å². The SMILES string of the molecule is CCOc1cncc(C(C)(O)C2CCCNC2)c1. The lowest BCUT2D eigenvalue weighted by Gasteiger charge is -2.36. The van der Waals surface area contributed by atoms with Crippen LogP contribution in [0.5, 0.6) is 5.75 Å².